The number of rotatable bonds is 2. The number of pyridine rings is 1. The van der Waals surface area contributed by atoms with Crippen LogP contribution >= 0.6 is 0 Å². The molecule has 3 heterocycles. The van der Waals surface area contributed by atoms with E-state index in [-0.39, 0.29) is 0 Å². The van der Waals surface area contributed by atoms with E-state index >= 15 is 0 Å². The van der Waals surface area contributed by atoms with Gasteiger partial charge in [-0.3, -0.25) is 0 Å². The Morgan fingerprint density at radius 2 is 1.30 bits per heavy atom. The topological polar surface area (TPSA) is 38.5 Å². The second kappa shape index (κ2) is 6.97. The van der Waals surface area contributed by atoms with Gasteiger partial charge in [0.1, 0.15) is 5.58 Å². The first kappa shape index (κ1) is 18.0. The maximum Gasteiger partial charge on any atom is 0.227 e. The van der Waals surface area contributed by atoms with Crippen LogP contribution in [0.2, 0.25) is 0 Å². The van der Waals surface area contributed by atoms with Crippen LogP contribution in [0.4, 0.5) is 17.1 Å². The summed E-state index contributed by atoms with van der Waals surface area (Å²) in [6.07, 6.45) is 1.76. The van der Waals surface area contributed by atoms with Crippen molar-refractivity contribution in [1.29, 1.82) is 0 Å². The summed E-state index contributed by atoms with van der Waals surface area (Å²) < 4.78 is 12.0. The Bertz CT molecular complexity index is 1600. The smallest absolute Gasteiger partial charge is 0.227 e. The number of benzene rings is 4. The van der Waals surface area contributed by atoms with Crippen LogP contribution < -0.4 is 9.64 Å². The highest BCUT2D eigenvalue weighted by molar-refractivity contribution is 6.05. The Morgan fingerprint density at radius 3 is 2.06 bits per heavy atom. The Hall–Kier alpha value is -4.57. The molecule has 0 N–H and O–H groups in total. The van der Waals surface area contributed by atoms with Gasteiger partial charge in [0.15, 0.2) is 11.5 Å². The van der Waals surface area contributed by atoms with Gasteiger partial charge >= 0.3 is 0 Å². The molecule has 4 heteroatoms. The first-order valence-electron chi connectivity index (χ1n) is 10.9. The third kappa shape index (κ3) is 2.81. The fourth-order valence-electron chi connectivity index (χ4n) is 4.58. The third-order valence-corrected chi connectivity index (χ3v) is 6.14. The number of ether oxygens (including phenoxy) is 1. The van der Waals surface area contributed by atoms with E-state index in [1.807, 2.05) is 54.6 Å². The zero-order valence-corrected chi connectivity index (χ0v) is 17.6. The van der Waals surface area contributed by atoms with Crippen molar-refractivity contribution in [3.8, 4) is 22.6 Å². The van der Waals surface area contributed by atoms with E-state index < -0.39 is 0 Å². The van der Waals surface area contributed by atoms with Crippen molar-refractivity contribution >= 4 is 39.1 Å². The van der Waals surface area contributed by atoms with Crippen LogP contribution in [-0.2, 0) is 0 Å². The van der Waals surface area contributed by atoms with Crippen LogP contribution in [0.1, 0.15) is 0 Å². The molecular weight excluding hydrogens is 408 g/mol. The van der Waals surface area contributed by atoms with Gasteiger partial charge < -0.3 is 14.1 Å². The van der Waals surface area contributed by atoms with Crippen LogP contribution in [-0.4, -0.2) is 4.98 Å². The minimum absolute atomic E-state index is 0.671. The summed E-state index contributed by atoms with van der Waals surface area (Å²) in [5.74, 6) is 1.71. The molecule has 0 bridgehead atoms. The van der Waals surface area contributed by atoms with Crippen LogP contribution in [0, 0.1) is 0 Å². The summed E-state index contributed by atoms with van der Waals surface area (Å²) in [5, 5.41) is 2.11. The molecule has 0 atom stereocenters. The Kier molecular flexibility index (Phi) is 3.81. The highest BCUT2D eigenvalue weighted by Gasteiger charge is 2.25. The van der Waals surface area contributed by atoms with E-state index in [2.05, 4.69) is 58.4 Å². The molecule has 0 spiro atoms. The van der Waals surface area contributed by atoms with Gasteiger partial charge in [-0.2, -0.15) is 0 Å². The number of hydrogen-bond donors (Lipinski definition) is 0. The van der Waals surface area contributed by atoms with Gasteiger partial charge in [0.25, 0.3) is 0 Å². The van der Waals surface area contributed by atoms with Gasteiger partial charge in [-0.1, -0.05) is 42.5 Å². The van der Waals surface area contributed by atoms with Gasteiger partial charge in [0.2, 0.25) is 5.71 Å². The summed E-state index contributed by atoms with van der Waals surface area (Å²) in [6.45, 7) is 0. The summed E-state index contributed by atoms with van der Waals surface area (Å²) in [6, 6.07) is 35.2. The number of hydrogen-bond acceptors (Lipinski definition) is 4. The molecule has 0 saturated carbocycles. The number of fused-ring (bicyclic) bond motifs is 5. The zero-order chi connectivity index (χ0) is 21.8. The second-order valence-electron chi connectivity index (χ2n) is 8.09. The van der Waals surface area contributed by atoms with E-state index in [1.54, 1.807) is 6.20 Å². The average molecular weight is 426 g/mol. The lowest BCUT2D eigenvalue weighted by Gasteiger charge is -2.32. The standard InChI is InChI=1S/C29H18N2O2/c1-3-9-27-24(7-1)31(25-8-2-4-10-28(25)32-27)21-14-11-19(12-15-21)20-13-16-26-23(18-20)22-6-5-17-30-29(22)33-26/h1-18H. The van der Waals surface area contributed by atoms with Gasteiger partial charge in [0, 0.05) is 22.7 Å². The quantitative estimate of drug-likeness (QED) is 0.279. The van der Waals surface area contributed by atoms with Crippen molar-refractivity contribution in [2.75, 3.05) is 4.90 Å². The van der Waals surface area contributed by atoms with Gasteiger partial charge in [-0.05, 0) is 71.8 Å². The minimum atomic E-state index is 0.671. The number of nitrogens with zero attached hydrogens (tertiary/aromatic N) is 2. The molecule has 6 aromatic rings. The number of anilines is 3. The molecule has 0 radical (unpaired) electrons. The van der Waals surface area contributed by atoms with Crippen LogP contribution in [0.5, 0.6) is 11.5 Å². The maximum absolute atomic E-state index is 6.13. The number of aromatic nitrogens is 1. The Morgan fingerprint density at radius 1 is 0.606 bits per heavy atom. The molecule has 0 saturated heterocycles. The maximum atomic E-state index is 6.13. The predicted octanol–water partition coefficient (Wildman–Crippen LogP) is 8.22. The predicted molar refractivity (Wildman–Crippen MR) is 132 cm³/mol. The molecule has 7 rings (SSSR count). The second-order valence-corrected chi connectivity index (χ2v) is 8.09. The lowest BCUT2D eigenvalue weighted by Crippen LogP contribution is -2.15. The number of furan rings is 1. The van der Waals surface area contributed by atoms with E-state index in [0.717, 1.165) is 56.0 Å². The lowest BCUT2D eigenvalue weighted by atomic mass is 10.0. The average Bonchev–Trinajstić information content (AvgIpc) is 3.25. The number of para-hydroxylation sites is 4. The molecule has 1 aliphatic rings. The first-order chi connectivity index (χ1) is 16.3. The Labute approximate surface area is 190 Å². The highest BCUT2D eigenvalue weighted by atomic mass is 16.5. The van der Waals surface area contributed by atoms with Crippen molar-refractivity contribution in [3.05, 3.63) is 109 Å². The molecule has 33 heavy (non-hydrogen) atoms. The molecule has 0 amide bonds. The third-order valence-electron chi connectivity index (χ3n) is 6.14. The van der Waals surface area contributed by atoms with Crippen LogP contribution in [0.25, 0.3) is 33.2 Å². The van der Waals surface area contributed by atoms with Crippen molar-refractivity contribution in [1.82, 2.24) is 4.98 Å². The molecule has 2 aromatic heterocycles. The van der Waals surface area contributed by atoms with Crippen molar-refractivity contribution < 1.29 is 9.15 Å². The summed E-state index contributed by atoms with van der Waals surface area (Å²) >= 11 is 0. The molecule has 0 aliphatic carbocycles. The van der Waals surface area contributed by atoms with Crippen LogP contribution in [0.3, 0.4) is 0 Å². The highest BCUT2D eigenvalue weighted by Crippen LogP contribution is 2.50. The first-order valence-corrected chi connectivity index (χ1v) is 10.9. The normalized spacial score (nSPS) is 12.4. The SMILES string of the molecule is c1ccc2c(c1)Oc1ccccc1N2c1ccc(-c2ccc3oc4ncccc4c3c2)cc1. The molecule has 0 unspecified atom stereocenters. The molecular formula is C29H18N2O2. The molecule has 4 nitrogen and oxygen atoms in total. The van der Waals surface area contributed by atoms with Gasteiger partial charge in [-0.15, -0.1) is 0 Å². The van der Waals surface area contributed by atoms with Gasteiger partial charge in [-0.25, -0.2) is 4.98 Å². The molecule has 156 valence electrons. The summed E-state index contributed by atoms with van der Waals surface area (Å²) in [7, 11) is 0. The minimum Gasteiger partial charge on any atom is -0.453 e. The molecule has 0 fully saturated rings. The molecule has 1 aliphatic heterocycles. The molecule has 4 aromatic carbocycles. The van der Waals surface area contributed by atoms with Crippen molar-refractivity contribution in [2.45, 2.75) is 0 Å². The summed E-state index contributed by atoms with van der Waals surface area (Å²) in [5.41, 5.74) is 6.96. The van der Waals surface area contributed by atoms with Gasteiger partial charge in [0.05, 0.1) is 11.4 Å². The largest absolute Gasteiger partial charge is 0.453 e. The van der Waals surface area contributed by atoms with Crippen molar-refractivity contribution in [2.24, 2.45) is 0 Å². The fourth-order valence-corrected chi connectivity index (χ4v) is 4.58. The van der Waals surface area contributed by atoms with E-state index in [9.17, 15) is 0 Å². The fraction of sp³-hybridized carbons (Fsp3) is 0. The lowest BCUT2D eigenvalue weighted by molar-refractivity contribution is 0.477. The Balaban J connectivity index is 1.32. The monoisotopic (exact) mass is 426 g/mol. The van der Waals surface area contributed by atoms with Crippen molar-refractivity contribution in [3.63, 3.8) is 0 Å². The summed E-state index contributed by atoms with van der Waals surface area (Å²) in [4.78, 5) is 6.59. The zero-order valence-electron chi connectivity index (χ0n) is 17.6. The van der Waals surface area contributed by atoms with E-state index in [0.29, 0.717) is 5.71 Å². The van der Waals surface area contributed by atoms with Crippen LogP contribution in [0.15, 0.2) is 114 Å². The van der Waals surface area contributed by atoms with E-state index in [1.165, 1.54) is 0 Å². The van der Waals surface area contributed by atoms with E-state index in [4.69, 9.17) is 9.15 Å².